The van der Waals surface area contributed by atoms with Crippen LogP contribution in [0.25, 0.3) is 0 Å². The SMILES string of the molecule is C[C@H](C(=O)c1ccc(Cl)cc1)c1nc2n(c1O)N=NC2=N. The van der Waals surface area contributed by atoms with E-state index >= 15 is 0 Å². The smallest absolute Gasteiger partial charge is 0.238 e. The van der Waals surface area contributed by atoms with Crippen molar-refractivity contribution in [2.75, 3.05) is 0 Å². The van der Waals surface area contributed by atoms with Gasteiger partial charge in [-0.2, -0.15) is 4.68 Å². The van der Waals surface area contributed by atoms with Crippen molar-refractivity contribution in [2.24, 2.45) is 10.3 Å². The van der Waals surface area contributed by atoms with Crippen LogP contribution >= 0.6 is 11.6 Å². The van der Waals surface area contributed by atoms with Crippen LogP contribution in [0.2, 0.25) is 5.02 Å². The monoisotopic (exact) mass is 303 g/mol. The lowest BCUT2D eigenvalue weighted by atomic mass is 9.96. The molecule has 0 unspecified atom stereocenters. The fraction of sp³-hybridized carbons (Fsp3) is 0.154. The van der Waals surface area contributed by atoms with Gasteiger partial charge in [-0.1, -0.05) is 16.8 Å². The zero-order chi connectivity index (χ0) is 15.1. The molecule has 2 N–H and O–H groups in total. The number of rotatable bonds is 3. The standard InChI is InChI=1S/C13H10ClN5O2/c1-6(10(20)7-2-4-8(14)5-3-7)9-13(21)19-12(16-9)11(15)17-18-19/h2-6,15,21H,1H3/t6-/m0/s1. The quantitative estimate of drug-likeness (QED) is 0.852. The highest BCUT2D eigenvalue weighted by Gasteiger charge is 2.30. The van der Waals surface area contributed by atoms with Gasteiger partial charge in [0, 0.05) is 10.6 Å². The Hall–Kier alpha value is -2.54. The zero-order valence-corrected chi connectivity index (χ0v) is 11.7. The number of fused-ring (bicyclic) bond motifs is 1. The molecule has 0 radical (unpaired) electrons. The minimum absolute atomic E-state index is 0.123. The fourth-order valence-corrected chi connectivity index (χ4v) is 2.20. The Morgan fingerprint density at radius 1 is 1.38 bits per heavy atom. The van der Waals surface area contributed by atoms with Gasteiger partial charge in [0.25, 0.3) is 0 Å². The molecule has 0 saturated heterocycles. The van der Waals surface area contributed by atoms with Gasteiger partial charge in [-0.25, -0.2) is 4.98 Å². The van der Waals surface area contributed by atoms with Crippen molar-refractivity contribution in [1.82, 2.24) is 9.66 Å². The summed E-state index contributed by atoms with van der Waals surface area (Å²) in [6, 6.07) is 6.48. The minimum atomic E-state index is -0.674. The summed E-state index contributed by atoms with van der Waals surface area (Å²) < 4.78 is 1.04. The number of nitrogens with one attached hydrogen (secondary N) is 1. The first-order valence-corrected chi connectivity index (χ1v) is 6.49. The molecule has 8 heteroatoms. The van der Waals surface area contributed by atoms with Crippen molar-refractivity contribution in [1.29, 1.82) is 5.41 Å². The van der Waals surface area contributed by atoms with Crippen LogP contribution in [0.5, 0.6) is 5.88 Å². The molecule has 106 valence electrons. The number of hydrogen-bond donors (Lipinski definition) is 2. The largest absolute Gasteiger partial charge is 0.492 e. The number of halogens is 1. The molecular formula is C13H10ClN5O2. The van der Waals surface area contributed by atoms with E-state index in [1.807, 2.05) is 0 Å². The highest BCUT2D eigenvalue weighted by molar-refractivity contribution is 6.30. The van der Waals surface area contributed by atoms with Gasteiger partial charge in [0.2, 0.25) is 17.5 Å². The van der Waals surface area contributed by atoms with Gasteiger partial charge in [0.05, 0.1) is 5.92 Å². The van der Waals surface area contributed by atoms with Crippen LogP contribution in [-0.4, -0.2) is 26.4 Å². The van der Waals surface area contributed by atoms with E-state index in [1.165, 1.54) is 0 Å². The third-order valence-corrected chi connectivity index (χ3v) is 3.49. The molecule has 0 spiro atoms. The first-order valence-electron chi connectivity index (χ1n) is 6.11. The molecule has 0 fully saturated rings. The Morgan fingerprint density at radius 3 is 2.67 bits per heavy atom. The summed E-state index contributed by atoms with van der Waals surface area (Å²) in [5.41, 5.74) is 0.643. The van der Waals surface area contributed by atoms with E-state index in [-0.39, 0.29) is 29.0 Å². The molecule has 0 saturated carbocycles. The van der Waals surface area contributed by atoms with Gasteiger partial charge in [-0.15, -0.1) is 5.11 Å². The van der Waals surface area contributed by atoms with E-state index in [1.54, 1.807) is 31.2 Å². The zero-order valence-electron chi connectivity index (χ0n) is 10.9. The Balaban J connectivity index is 1.96. The average molecular weight is 304 g/mol. The Bertz CT molecular complexity index is 779. The predicted molar refractivity (Wildman–Crippen MR) is 75.2 cm³/mol. The fourth-order valence-electron chi connectivity index (χ4n) is 2.07. The lowest BCUT2D eigenvalue weighted by Gasteiger charge is -2.08. The number of aromatic nitrogens is 2. The summed E-state index contributed by atoms with van der Waals surface area (Å²) in [4.78, 5) is 16.5. The molecular weight excluding hydrogens is 294 g/mol. The van der Waals surface area contributed by atoms with E-state index in [4.69, 9.17) is 17.0 Å². The van der Waals surface area contributed by atoms with Gasteiger partial charge in [0.1, 0.15) is 5.69 Å². The van der Waals surface area contributed by atoms with Crippen LogP contribution < -0.4 is 0 Å². The first-order chi connectivity index (χ1) is 9.99. The summed E-state index contributed by atoms with van der Waals surface area (Å²) in [5, 5.41) is 25.2. The second kappa shape index (κ2) is 4.78. The van der Waals surface area contributed by atoms with Crippen LogP contribution in [0.15, 0.2) is 34.6 Å². The number of imidazole rings is 1. The summed E-state index contributed by atoms with van der Waals surface area (Å²) in [6.07, 6.45) is 0. The van der Waals surface area contributed by atoms with Crippen molar-refractivity contribution >= 4 is 23.2 Å². The normalized spacial score (nSPS) is 14.3. The molecule has 2 heterocycles. The summed E-state index contributed by atoms with van der Waals surface area (Å²) in [6.45, 7) is 1.63. The van der Waals surface area contributed by atoms with Crippen molar-refractivity contribution in [3.8, 4) is 5.88 Å². The number of hydrogen-bond acceptors (Lipinski definition) is 5. The maximum absolute atomic E-state index is 12.4. The Kier molecular flexibility index (Phi) is 3.06. The number of nitrogens with zero attached hydrogens (tertiary/aromatic N) is 4. The van der Waals surface area contributed by atoms with Crippen LogP contribution in [0.1, 0.15) is 34.7 Å². The van der Waals surface area contributed by atoms with E-state index < -0.39 is 5.92 Å². The highest BCUT2D eigenvalue weighted by Crippen LogP contribution is 2.31. The average Bonchev–Trinajstić information content (AvgIpc) is 3.00. The van der Waals surface area contributed by atoms with E-state index in [9.17, 15) is 9.90 Å². The number of carbonyl (C=O) groups excluding carboxylic acids is 1. The van der Waals surface area contributed by atoms with Crippen molar-refractivity contribution in [2.45, 2.75) is 12.8 Å². The van der Waals surface area contributed by atoms with Crippen LogP contribution in [-0.2, 0) is 0 Å². The minimum Gasteiger partial charge on any atom is -0.492 e. The summed E-state index contributed by atoms with van der Waals surface area (Å²) >= 11 is 5.79. The lowest BCUT2D eigenvalue weighted by molar-refractivity contribution is 0.0963. The molecule has 1 aromatic heterocycles. The Morgan fingerprint density at radius 2 is 2.05 bits per heavy atom. The number of carbonyl (C=O) groups is 1. The Labute approximate surface area is 124 Å². The molecule has 0 amide bonds. The van der Waals surface area contributed by atoms with E-state index in [2.05, 4.69) is 15.3 Å². The second-order valence-corrected chi connectivity index (χ2v) is 5.02. The van der Waals surface area contributed by atoms with Crippen molar-refractivity contribution < 1.29 is 9.90 Å². The van der Waals surface area contributed by atoms with E-state index in [0.717, 1.165) is 4.68 Å². The molecule has 7 nitrogen and oxygen atoms in total. The molecule has 0 aliphatic carbocycles. The van der Waals surface area contributed by atoms with Gasteiger partial charge < -0.3 is 5.11 Å². The van der Waals surface area contributed by atoms with E-state index in [0.29, 0.717) is 10.6 Å². The number of Topliss-reactive ketones (excluding diaryl/α,β-unsaturated/α-hetero) is 1. The molecule has 21 heavy (non-hydrogen) atoms. The maximum atomic E-state index is 12.4. The number of benzene rings is 1. The summed E-state index contributed by atoms with van der Waals surface area (Å²) in [7, 11) is 0. The van der Waals surface area contributed by atoms with Gasteiger partial charge in [-0.3, -0.25) is 10.2 Å². The van der Waals surface area contributed by atoms with Gasteiger partial charge >= 0.3 is 0 Å². The highest BCUT2D eigenvalue weighted by atomic mass is 35.5. The van der Waals surface area contributed by atoms with Crippen LogP contribution in [0.4, 0.5) is 0 Å². The molecule has 1 aliphatic heterocycles. The van der Waals surface area contributed by atoms with Crippen molar-refractivity contribution in [3.05, 3.63) is 46.4 Å². The van der Waals surface area contributed by atoms with Crippen molar-refractivity contribution in [3.63, 3.8) is 0 Å². The number of ketones is 1. The molecule has 0 bridgehead atoms. The number of aromatic hydroxyl groups is 1. The molecule has 1 atom stereocenters. The van der Waals surface area contributed by atoms with Gasteiger partial charge in [0.15, 0.2) is 5.78 Å². The molecule has 2 aromatic rings. The second-order valence-electron chi connectivity index (χ2n) is 4.59. The topological polar surface area (TPSA) is 104 Å². The van der Waals surface area contributed by atoms with Gasteiger partial charge in [-0.05, 0) is 31.2 Å². The number of amidine groups is 1. The van der Waals surface area contributed by atoms with Crippen LogP contribution in [0.3, 0.4) is 0 Å². The molecule has 1 aliphatic rings. The third-order valence-electron chi connectivity index (χ3n) is 3.23. The third kappa shape index (κ3) is 2.11. The van der Waals surface area contributed by atoms with Crippen LogP contribution in [0, 0.1) is 5.41 Å². The maximum Gasteiger partial charge on any atom is 0.238 e. The predicted octanol–water partition coefficient (Wildman–Crippen LogP) is 2.78. The molecule has 1 aromatic carbocycles. The molecule has 3 rings (SSSR count). The summed E-state index contributed by atoms with van der Waals surface area (Å²) in [5.74, 6) is -1.18. The lowest BCUT2D eigenvalue weighted by Crippen LogP contribution is -2.10. The first kappa shape index (κ1) is 13.4.